The first-order valence-electron chi connectivity index (χ1n) is 6.58. The first kappa shape index (κ1) is 12.8. The second kappa shape index (κ2) is 5.80. The molecule has 5 heteroatoms. The van der Waals surface area contributed by atoms with E-state index in [0.717, 1.165) is 38.8 Å². The molecule has 5 nitrogen and oxygen atoms in total. The highest BCUT2D eigenvalue weighted by atomic mass is 16.3. The molecule has 0 aromatic rings. The zero-order chi connectivity index (χ0) is 12.3. The summed E-state index contributed by atoms with van der Waals surface area (Å²) in [5, 5.41) is 12.4. The highest BCUT2D eigenvalue weighted by molar-refractivity contribution is 5.78. The summed E-state index contributed by atoms with van der Waals surface area (Å²) in [4.78, 5) is 13.8. The Morgan fingerprint density at radius 2 is 2.00 bits per heavy atom. The molecule has 1 atom stereocenters. The summed E-state index contributed by atoms with van der Waals surface area (Å²) in [6.07, 6.45) is 3.78. The van der Waals surface area contributed by atoms with E-state index in [-0.39, 0.29) is 12.0 Å². The molecule has 0 radical (unpaired) electrons. The topological polar surface area (TPSA) is 78.6 Å². The fourth-order valence-corrected chi connectivity index (χ4v) is 2.24. The van der Waals surface area contributed by atoms with Crippen LogP contribution in [-0.4, -0.2) is 54.2 Å². The molecule has 1 amide bonds. The molecule has 2 fully saturated rings. The van der Waals surface area contributed by atoms with Crippen LogP contribution in [0.2, 0.25) is 0 Å². The van der Waals surface area contributed by atoms with Gasteiger partial charge in [-0.2, -0.15) is 0 Å². The van der Waals surface area contributed by atoms with Crippen molar-refractivity contribution in [2.75, 3.05) is 26.2 Å². The van der Waals surface area contributed by atoms with Crippen LogP contribution in [0, 0.1) is 5.92 Å². The minimum Gasteiger partial charge on any atom is -0.391 e. The molecule has 1 unspecified atom stereocenters. The number of aliphatic hydroxyl groups excluding tert-OH is 1. The van der Waals surface area contributed by atoms with Crippen LogP contribution in [0.3, 0.4) is 0 Å². The number of amides is 1. The zero-order valence-electron chi connectivity index (χ0n) is 10.3. The molecule has 0 aromatic carbocycles. The first-order chi connectivity index (χ1) is 8.15. The van der Waals surface area contributed by atoms with Gasteiger partial charge in [0.25, 0.3) is 0 Å². The Morgan fingerprint density at radius 3 is 2.59 bits per heavy atom. The number of likely N-dealkylation sites (tertiary alicyclic amines) is 1. The Kier molecular flexibility index (Phi) is 4.36. The van der Waals surface area contributed by atoms with Crippen molar-refractivity contribution in [2.24, 2.45) is 11.7 Å². The summed E-state index contributed by atoms with van der Waals surface area (Å²) in [6.45, 7) is 2.64. The van der Waals surface area contributed by atoms with Crippen molar-refractivity contribution in [2.45, 2.75) is 37.8 Å². The summed E-state index contributed by atoms with van der Waals surface area (Å²) in [6, 6.07) is 0.297. The zero-order valence-corrected chi connectivity index (χ0v) is 10.3. The van der Waals surface area contributed by atoms with Gasteiger partial charge in [-0.15, -0.1) is 0 Å². The average molecular weight is 241 g/mol. The number of nitrogens with one attached hydrogen (secondary N) is 1. The van der Waals surface area contributed by atoms with Crippen LogP contribution < -0.4 is 11.1 Å². The van der Waals surface area contributed by atoms with Gasteiger partial charge in [0.15, 0.2) is 0 Å². The first-order valence-corrected chi connectivity index (χ1v) is 6.58. The number of aliphatic hydroxyl groups is 1. The maximum Gasteiger partial charge on any atom is 0.234 e. The number of carbonyl (C=O) groups is 1. The molecule has 0 aromatic heterocycles. The number of nitrogens with two attached hydrogens (primary N) is 1. The summed E-state index contributed by atoms with van der Waals surface area (Å²) in [7, 11) is 0. The number of hydrogen-bond donors (Lipinski definition) is 3. The molecular formula is C12H23N3O2. The van der Waals surface area contributed by atoms with E-state index in [4.69, 9.17) is 5.73 Å². The summed E-state index contributed by atoms with van der Waals surface area (Å²) < 4.78 is 0. The fraction of sp³-hybridized carbons (Fsp3) is 0.917. The largest absolute Gasteiger partial charge is 0.391 e. The summed E-state index contributed by atoms with van der Waals surface area (Å²) in [5.74, 6) is 0.434. The van der Waals surface area contributed by atoms with E-state index in [1.165, 1.54) is 0 Å². The van der Waals surface area contributed by atoms with Gasteiger partial charge in [0.2, 0.25) is 5.91 Å². The van der Waals surface area contributed by atoms with Gasteiger partial charge >= 0.3 is 0 Å². The van der Waals surface area contributed by atoms with Crippen LogP contribution in [0.5, 0.6) is 0 Å². The third-order valence-electron chi connectivity index (χ3n) is 3.67. The smallest absolute Gasteiger partial charge is 0.234 e. The van der Waals surface area contributed by atoms with Crippen molar-refractivity contribution in [3.8, 4) is 0 Å². The SMILES string of the molecule is NC1CCN(CC(=O)NCC(O)C2CC2)CC1. The van der Waals surface area contributed by atoms with Gasteiger partial charge in [-0.3, -0.25) is 9.69 Å². The van der Waals surface area contributed by atoms with Gasteiger partial charge in [0.1, 0.15) is 0 Å². The Morgan fingerprint density at radius 1 is 1.35 bits per heavy atom. The highest BCUT2D eigenvalue weighted by Gasteiger charge is 2.29. The molecule has 0 spiro atoms. The summed E-state index contributed by atoms with van der Waals surface area (Å²) in [5.41, 5.74) is 5.81. The maximum atomic E-state index is 11.6. The lowest BCUT2D eigenvalue weighted by atomic mass is 10.1. The van der Waals surface area contributed by atoms with Gasteiger partial charge in [-0.25, -0.2) is 0 Å². The van der Waals surface area contributed by atoms with E-state index < -0.39 is 0 Å². The molecule has 4 N–H and O–H groups in total. The van der Waals surface area contributed by atoms with Gasteiger partial charge in [-0.05, 0) is 31.6 Å². The monoisotopic (exact) mass is 241 g/mol. The van der Waals surface area contributed by atoms with Crippen molar-refractivity contribution < 1.29 is 9.90 Å². The van der Waals surface area contributed by atoms with Crippen molar-refractivity contribution >= 4 is 5.91 Å². The average Bonchev–Trinajstić information content (AvgIpc) is 3.13. The van der Waals surface area contributed by atoms with Crippen molar-refractivity contribution in [1.82, 2.24) is 10.2 Å². The Hall–Kier alpha value is -0.650. The van der Waals surface area contributed by atoms with Crippen LogP contribution in [0.4, 0.5) is 0 Å². The molecular weight excluding hydrogens is 218 g/mol. The lowest BCUT2D eigenvalue weighted by Gasteiger charge is -2.29. The molecule has 1 saturated heterocycles. The Bertz CT molecular complexity index is 260. The highest BCUT2D eigenvalue weighted by Crippen LogP contribution is 2.32. The lowest BCUT2D eigenvalue weighted by molar-refractivity contribution is -0.123. The van der Waals surface area contributed by atoms with E-state index in [1.807, 2.05) is 0 Å². The molecule has 2 rings (SSSR count). The van der Waals surface area contributed by atoms with Gasteiger partial charge < -0.3 is 16.2 Å². The van der Waals surface area contributed by atoms with E-state index in [0.29, 0.717) is 25.0 Å². The van der Waals surface area contributed by atoms with Crippen LogP contribution >= 0.6 is 0 Å². The van der Waals surface area contributed by atoms with E-state index in [9.17, 15) is 9.90 Å². The minimum absolute atomic E-state index is 0.0140. The third kappa shape index (κ3) is 4.26. The van der Waals surface area contributed by atoms with Crippen LogP contribution in [0.1, 0.15) is 25.7 Å². The second-order valence-electron chi connectivity index (χ2n) is 5.32. The predicted octanol–water partition coefficient (Wildman–Crippen LogP) is -0.703. The maximum absolute atomic E-state index is 11.6. The standard InChI is InChI=1S/C12H23N3O2/c13-10-3-5-15(6-4-10)8-12(17)14-7-11(16)9-1-2-9/h9-11,16H,1-8,13H2,(H,14,17). The van der Waals surface area contributed by atoms with Gasteiger partial charge in [-0.1, -0.05) is 0 Å². The van der Waals surface area contributed by atoms with E-state index >= 15 is 0 Å². The van der Waals surface area contributed by atoms with E-state index in [1.54, 1.807) is 0 Å². The van der Waals surface area contributed by atoms with E-state index in [2.05, 4.69) is 10.2 Å². The summed E-state index contributed by atoms with van der Waals surface area (Å²) >= 11 is 0. The Labute approximate surface area is 102 Å². The molecule has 2 aliphatic rings. The molecule has 0 bridgehead atoms. The predicted molar refractivity (Wildman–Crippen MR) is 65.4 cm³/mol. The fourth-order valence-electron chi connectivity index (χ4n) is 2.24. The molecule has 17 heavy (non-hydrogen) atoms. The quantitative estimate of drug-likeness (QED) is 0.594. The van der Waals surface area contributed by atoms with Crippen LogP contribution in [0.15, 0.2) is 0 Å². The normalized spacial score (nSPS) is 24.6. The number of carbonyl (C=O) groups excluding carboxylic acids is 1. The lowest BCUT2D eigenvalue weighted by Crippen LogP contribution is -2.45. The number of rotatable bonds is 5. The van der Waals surface area contributed by atoms with Crippen molar-refractivity contribution in [1.29, 1.82) is 0 Å². The van der Waals surface area contributed by atoms with Crippen LogP contribution in [-0.2, 0) is 4.79 Å². The Balaban J connectivity index is 1.59. The second-order valence-corrected chi connectivity index (χ2v) is 5.32. The molecule has 1 heterocycles. The van der Waals surface area contributed by atoms with Gasteiger partial charge in [0.05, 0.1) is 12.6 Å². The molecule has 1 aliphatic carbocycles. The molecule has 1 saturated carbocycles. The van der Waals surface area contributed by atoms with Crippen molar-refractivity contribution in [3.05, 3.63) is 0 Å². The van der Waals surface area contributed by atoms with Gasteiger partial charge in [0, 0.05) is 25.7 Å². The molecule has 98 valence electrons. The number of piperidine rings is 1. The third-order valence-corrected chi connectivity index (χ3v) is 3.67. The minimum atomic E-state index is -0.353. The number of nitrogens with zero attached hydrogens (tertiary/aromatic N) is 1. The van der Waals surface area contributed by atoms with Crippen molar-refractivity contribution in [3.63, 3.8) is 0 Å². The number of hydrogen-bond acceptors (Lipinski definition) is 4. The molecule has 1 aliphatic heterocycles. The van der Waals surface area contributed by atoms with Crippen LogP contribution in [0.25, 0.3) is 0 Å².